The second-order valence-electron chi connectivity index (χ2n) is 5.63. The van der Waals surface area contributed by atoms with Gasteiger partial charge in [-0.2, -0.15) is 0 Å². The standard InChI is InChI=1S/C21H21N/c1-3-9-18(10-4-1)15-16-20-13-7-8-14-21(20)22-17-19-11-5-2-6-12-19/h1-6,9-13,21-22H,7-8,14,17H2/t21-/m0/s1. The van der Waals surface area contributed by atoms with Crippen LogP contribution in [0, 0.1) is 11.8 Å². The molecule has 1 aliphatic rings. The van der Waals surface area contributed by atoms with Crippen molar-refractivity contribution in [1.29, 1.82) is 0 Å². The van der Waals surface area contributed by atoms with Crippen molar-refractivity contribution in [3.05, 3.63) is 83.4 Å². The number of hydrogen-bond donors (Lipinski definition) is 1. The Kier molecular flexibility index (Phi) is 5.08. The highest BCUT2D eigenvalue weighted by atomic mass is 14.9. The van der Waals surface area contributed by atoms with Crippen molar-refractivity contribution in [1.82, 2.24) is 5.32 Å². The second kappa shape index (κ2) is 7.64. The Labute approximate surface area is 133 Å². The molecule has 0 saturated heterocycles. The van der Waals surface area contributed by atoms with E-state index in [0.29, 0.717) is 6.04 Å². The maximum Gasteiger partial charge on any atom is 0.0399 e. The van der Waals surface area contributed by atoms with Crippen LogP contribution in [0.15, 0.2) is 72.3 Å². The molecule has 0 aliphatic heterocycles. The number of benzene rings is 2. The van der Waals surface area contributed by atoms with Gasteiger partial charge < -0.3 is 5.32 Å². The Bertz CT molecular complexity index is 674. The van der Waals surface area contributed by atoms with Gasteiger partial charge in [-0.3, -0.25) is 0 Å². The molecule has 22 heavy (non-hydrogen) atoms. The molecule has 1 aliphatic carbocycles. The van der Waals surface area contributed by atoms with Crippen LogP contribution in [0.3, 0.4) is 0 Å². The van der Waals surface area contributed by atoms with E-state index in [-0.39, 0.29) is 0 Å². The molecule has 3 rings (SSSR count). The molecular weight excluding hydrogens is 266 g/mol. The first-order valence-electron chi connectivity index (χ1n) is 7.96. The normalized spacial score (nSPS) is 17.3. The maximum atomic E-state index is 3.65. The first-order chi connectivity index (χ1) is 10.9. The molecule has 1 atom stereocenters. The van der Waals surface area contributed by atoms with Gasteiger partial charge in [0.25, 0.3) is 0 Å². The van der Waals surface area contributed by atoms with E-state index in [2.05, 4.69) is 65.7 Å². The molecule has 2 aromatic rings. The van der Waals surface area contributed by atoms with Gasteiger partial charge in [-0.25, -0.2) is 0 Å². The van der Waals surface area contributed by atoms with Gasteiger partial charge in [0, 0.05) is 23.7 Å². The highest BCUT2D eigenvalue weighted by molar-refractivity contribution is 5.43. The number of nitrogens with one attached hydrogen (secondary N) is 1. The maximum absolute atomic E-state index is 3.65. The molecule has 0 amide bonds. The Hall–Kier alpha value is -2.30. The molecule has 2 aromatic carbocycles. The minimum atomic E-state index is 0.380. The van der Waals surface area contributed by atoms with Gasteiger partial charge >= 0.3 is 0 Å². The molecule has 0 fully saturated rings. The van der Waals surface area contributed by atoms with E-state index in [1.54, 1.807) is 0 Å². The lowest BCUT2D eigenvalue weighted by Gasteiger charge is -2.22. The zero-order chi connectivity index (χ0) is 15.0. The van der Waals surface area contributed by atoms with Crippen molar-refractivity contribution in [2.75, 3.05) is 0 Å². The van der Waals surface area contributed by atoms with Crippen LogP contribution in [0.2, 0.25) is 0 Å². The van der Waals surface area contributed by atoms with E-state index in [1.807, 2.05) is 18.2 Å². The number of allylic oxidation sites excluding steroid dienone is 1. The van der Waals surface area contributed by atoms with Gasteiger partial charge in [-0.1, -0.05) is 66.4 Å². The third kappa shape index (κ3) is 4.10. The van der Waals surface area contributed by atoms with Crippen molar-refractivity contribution in [3.63, 3.8) is 0 Å². The monoisotopic (exact) mass is 287 g/mol. The zero-order valence-electron chi connectivity index (χ0n) is 12.8. The summed E-state index contributed by atoms with van der Waals surface area (Å²) in [4.78, 5) is 0. The van der Waals surface area contributed by atoms with Crippen molar-refractivity contribution in [3.8, 4) is 11.8 Å². The molecule has 0 heterocycles. The van der Waals surface area contributed by atoms with Crippen LogP contribution in [0.4, 0.5) is 0 Å². The zero-order valence-corrected chi connectivity index (χ0v) is 12.8. The molecule has 0 spiro atoms. The average molecular weight is 287 g/mol. The summed E-state index contributed by atoms with van der Waals surface area (Å²) in [6.07, 6.45) is 5.84. The highest BCUT2D eigenvalue weighted by Crippen LogP contribution is 2.18. The Morgan fingerprint density at radius 3 is 2.41 bits per heavy atom. The van der Waals surface area contributed by atoms with Crippen molar-refractivity contribution >= 4 is 0 Å². The van der Waals surface area contributed by atoms with E-state index in [1.165, 1.54) is 24.0 Å². The first-order valence-corrected chi connectivity index (χ1v) is 7.96. The molecule has 0 radical (unpaired) electrons. The summed E-state index contributed by atoms with van der Waals surface area (Å²) in [7, 11) is 0. The summed E-state index contributed by atoms with van der Waals surface area (Å²) in [5.41, 5.74) is 3.64. The lowest BCUT2D eigenvalue weighted by molar-refractivity contribution is 0.509. The van der Waals surface area contributed by atoms with E-state index in [0.717, 1.165) is 18.5 Å². The summed E-state index contributed by atoms with van der Waals surface area (Å²) < 4.78 is 0. The van der Waals surface area contributed by atoms with Crippen LogP contribution in [0.25, 0.3) is 0 Å². The highest BCUT2D eigenvalue weighted by Gasteiger charge is 2.15. The fourth-order valence-corrected chi connectivity index (χ4v) is 2.73. The predicted octanol–water partition coefficient (Wildman–Crippen LogP) is 4.31. The summed E-state index contributed by atoms with van der Waals surface area (Å²) in [5.74, 6) is 6.66. The average Bonchev–Trinajstić information content (AvgIpc) is 2.61. The summed E-state index contributed by atoms with van der Waals surface area (Å²) in [6, 6.07) is 21.1. The summed E-state index contributed by atoms with van der Waals surface area (Å²) in [5, 5.41) is 3.65. The molecule has 1 nitrogen and oxygen atoms in total. The van der Waals surface area contributed by atoms with Gasteiger partial charge in [-0.15, -0.1) is 0 Å². The van der Waals surface area contributed by atoms with Crippen LogP contribution in [-0.2, 0) is 6.54 Å². The van der Waals surface area contributed by atoms with E-state index in [9.17, 15) is 0 Å². The van der Waals surface area contributed by atoms with Gasteiger partial charge in [0.05, 0.1) is 0 Å². The molecule has 0 bridgehead atoms. The van der Waals surface area contributed by atoms with Crippen LogP contribution in [0.5, 0.6) is 0 Å². The van der Waals surface area contributed by atoms with Crippen molar-refractivity contribution < 1.29 is 0 Å². The fraction of sp³-hybridized carbons (Fsp3) is 0.238. The van der Waals surface area contributed by atoms with Crippen LogP contribution in [-0.4, -0.2) is 6.04 Å². The minimum absolute atomic E-state index is 0.380. The van der Waals surface area contributed by atoms with Gasteiger partial charge in [-0.05, 0) is 37.0 Å². The third-order valence-corrected chi connectivity index (χ3v) is 3.96. The van der Waals surface area contributed by atoms with Gasteiger partial charge in [0.15, 0.2) is 0 Å². The molecule has 0 unspecified atom stereocenters. The van der Waals surface area contributed by atoms with Crippen LogP contribution >= 0.6 is 0 Å². The third-order valence-electron chi connectivity index (χ3n) is 3.96. The fourth-order valence-electron chi connectivity index (χ4n) is 2.73. The molecule has 110 valence electrons. The largest absolute Gasteiger partial charge is 0.305 e. The topological polar surface area (TPSA) is 12.0 Å². The molecule has 1 N–H and O–H groups in total. The summed E-state index contributed by atoms with van der Waals surface area (Å²) >= 11 is 0. The lowest BCUT2D eigenvalue weighted by atomic mass is 9.94. The Morgan fingerprint density at radius 1 is 0.909 bits per heavy atom. The number of hydrogen-bond acceptors (Lipinski definition) is 1. The second-order valence-corrected chi connectivity index (χ2v) is 5.63. The minimum Gasteiger partial charge on any atom is -0.305 e. The van der Waals surface area contributed by atoms with E-state index in [4.69, 9.17) is 0 Å². The van der Waals surface area contributed by atoms with Gasteiger partial charge in [0.2, 0.25) is 0 Å². The van der Waals surface area contributed by atoms with Gasteiger partial charge in [0.1, 0.15) is 0 Å². The smallest absolute Gasteiger partial charge is 0.0399 e. The predicted molar refractivity (Wildman–Crippen MR) is 92.3 cm³/mol. The van der Waals surface area contributed by atoms with Crippen molar-refractivity contribution in [2.24, 2.45) is 0 Å². The molecular formula is C21H21N. The molecule has 1 heteroatoms. The summed E-state index contributed by atoms with van der Waals surface area (Å²) in [6.45, 7) is 0.899. The van der Waals surface area contributed by atoms with Crippen molar-refractivity contribution in [2.45, 2.75) is 31.8 Å². The SMILES string of the molecule is C(#Cc1ccccc1)C1=CCCC[C@@H]1NCc1ccccc1. The first kappa shape index (κ1) is 14.6. The molecule has 0 aromatic heterocycles. The van der Waals surface area contributed by atoms with Crippen LogP contribution in [0.1, 0.15) is 30.4 Å². The van der Waals surface area contributed by atoms with E-state index < -0.39 is 0 Å². The Morgan fingerprint density at radius 2 is 1.64 bits per heavy atom. The Balaban J connectivity index is 1.67. The van der Waals surface area contributed by atoms with Crippen LogP contribution < -0.4 is 5.32 Å². The lowest BCUT2D eigenvalue weighted by Crippen LogP contribution is -2.31. The quantitative estimate of drug-likeness (QED) is 0.830. The number of rotatable bonds is 3. The molecule has 0 saturated carbocycles. The van der Waals surface area contributed by atoms with E-state index >= 15 is 0 Å².